The van der Waals surface area contributed by atoms with Crippen LogP contribution in [0, 0.1) is 0 Å². The van der Waals surface area contributed by atoms with E-state index in [0.29, 0.717) is 0 Å². The van der Waals surface area contributed by atoms with Gasteiger partial charge in [0.25, 0.3) is 0 Å². The first-order valence-electron chi connectivity index (χ1n) is 10.2. The molecule has 0 unspecified atom stereocenters. The Morgan fingerprint density at radius 1 is 0.467 bits per heavy atom. The Morgan fingerprint density at radius 2 is 0.733 bits per heavy atom. The quantitative estimate of drug-likeness (QED) is 0.327. The molecule has 30 heavy (non-hydrogen) atoms. The van der Waals surface area contributed by atoms with E-state index < -0.39 is 0 Å². The summed E-state index contributed by atoms with van der Waals surface area (Å²) in [5.41, 5.74) is 3.76. The van der Waals surface area contributed by atoms with Gasteiger partial charge in [0.2, 0.25) is 0 Å². The van der Waals surface area contributed by atoms with E-state index in [4.69, 9.17) is 0 Å². The molecule has 0 bridgehead atoms. The van der Waals surface area contributed by atoms with Gasteiger partial charge in [0.15, 0.2) is 0 Å². The summed E-state index contributed by atoms with van der Waals surface area (Å²) in [6.07, 6.45) is 4.81. The Bertz CT molecular complexity index is 809. The Morgan fingerprint density at radius 3 is 0.933 bits per heavy atom. The molecule has 0 aliphatic carbocycles. The van der Waals surface area contributed by atoms with Crippen molar-refractivity contribution in [3.8, 4) is 0 Å². The third-order valence-corrected chi connectivity index (χ3v) is 3.99. The fraction of sp³-hybridized carbons (Fsp3) is 0.0667. The third kappa shape index (κ3) is 12.7. The van der Waals surface area contributed by atoms with Crippen molar-refractivity contribution in [2.75, 3.05) is 0 Å². The van der Waals surface area contributed by atoms with Crippen molar-refractivity contribution < 1.29 is 0 Å². The van der Waals surface area contributed by atoms with Crippen molar-refractivity contribution in [2.24, 2.45) is 0 Å². The van der Waals surface area contributed by atoms with E-state index in [1.165, 1.54) is 16.7 Å². The van der Waals surface area contributed by atoms with Crippen LogP contribution in [0.15, 0.2) is 141 Å². The summed E-state index contributed by atoms with van der Waals surface area (Å²) in [6.45, 7) is 9.42. The molecule has 0 aliphatic heterocycles. The van der Waals surface area contributed by atoms with E-state index in [-0.39, 0.29) is 0 Å². The highest BCUT2D eigenvalue weighted by molar-refractivity contribution is 5.46. The second-order valence-electron chi connectivity index (χ2n) is 6.22. The van der Waals surface area contributed by atoms with Crippen LogP contribution >= 0.6 is 0 Å². The average molecular weight is 393 g/mol. The van der Waals surface area contributed by atoms with Crippen LogP contribution in [0.1, 0.15) is 23.6 Å². The molecule has 0 spiro atoms. The molecule has 4 aromatic carbocycles. The molecule has 4 aromatic rings. The van der Waals surface area contributed by atoms with Crippen molar-refractivity contribution in [1.82, 2.24) is 0 Å². The lowest BCUT2D eigenvalue weighted by atomic mass is 10.2. The summed E-state index contributed by atoms with van der Waals surface area (Å²) in [5.74, 6) is 0. The van der Waals surface area contributed by atoms with Crippen LogP contribution in [0.2, 0.25) is 0 Å². The summed E-state index contributed by atoms with van der Waals surface area (Å²) in [6, 6.07) is 42.5. The number of rotatable bonds is 3. The summed E-state index contributed by atoms with van der Waals surface area (Å²) in [5, 5.41) is 0. The van der Waals surface area contributed by atoms with Gasteiger partial charge in [-0.05, 0) is 23.1 Å². The van der Waals surface area contributed by atoms with Crippen LogP contribution in [-0.4, -0.2) is 0 Å². The lowest BCUT2D eigenvalue weighted by molar-refractivity contribution is 1.14. The first kappa shape index (κ1) is 24.4. The van der Waals surface area contributed by atoms with Crippen molar-refractivity contribution >= 4 is 12.2 Å². The fourth-order valence-electron chi connectivity index (χ4n) is 2.28. The first-order valence-corrected chi connectivity index (χ1v) is 10.2. The molecule has 0 N–H and O–H groups in total. The van der Waals surface area contributed by atoms with Gasteiger partial charge < -0.3 is 0 Å². The van der Waals surface area contributed by atoms with E-state index in [0.717, 1.165) is 6.42 Å². The monoisotopic (exact) mass is 392 g/mol. The van der Waals surface area contributed by atoms with Crippen molar-refractivity contribution in [3.05, 3.63) is 157 Å². The molecule has 0 aromatic heterocycles. The van der Waals surface area contributed by atoms with Gasteiger partial charge in [0.1, 0.15) is 0 Å². The molecule has 0 heterocycles. The van der Waals surface area contributed by atoms with Gasteiger partial charge in [0.05, 0.1) is 0 Å². The highest BCUT2D eigenvalue weighted by Gasteiger charge is 1.80. The van der Waals surface area contributed by atoms with Crippen LogP contribution in [0.5, 0.6) is 0 Å². The number of hydrogen-bond donors (Lipinski definition) is 0. The maximum atomic E-state index is 3.63. The second-order valence-corrected chi connectivity index (χ2v) is 6.22. The zero-order valence-electron chi connectivity index (χ0n) is 17.9. The largest absolute Gasteiger partial charge is 0.0985 e. The smallest absolute Gasteiger partial charge is 0.0263 e. The topological polar surface area (TPSA) is 0 Å². The number of hydrogen-bond acceptors (Lipinski definition) is 0. The molecule has 0 aliphatic rings. The lowest BCUT2D eigenvalue weighted by Gasteiger charge is -1.89. The Hall–Kier alpha value is -3.64. The normalized spacial score (nSPS) is 8.57. The molecule has 0 radical (unpaired) electrons. The van der Waals surface area contributed by atoms with Crippen LogP contribution < -0.4 is 0 Å². The summed E-state index contributed by atoms with van der Waals surface area (Å²) >= 11 is 0. The standard InChI is InChI=1S/C8H10.2C8H8.C6H6/c3*1-2-8-6-4-3-5-7-8;1-2-4-6-5-3-1/h3-7H,2H2,1H3;2*2-7H,1H2;1-6H. The van der Waals surface area contributed by atoms with Crippen LogP contribution in [0.3, 0.4) is 0 Å². The van der Waals surface area contributed by atoms with Gasteiger partial charge in [0, 0.05) is 0 Å². The lowest BCUT2D eigenvalue weighted by Crippen LogP contribution is -1.73. The predicted molar refractivity (Wildman–Crippen MR) is 135 cm³/mol. The highest BCUT2D eigenvalue weighted by Crippen LogP contribution is 1.98. The molecule has 0 heteroatoms. The van der Waals surface area contributed by atoms with Gasteiger partial charge in [-0.15, -0.1) is 0 Å². The zero-order chi connectivity index (χ0) is 21.7. The maximum Gasteiger partial charge on any atom is -0.0263 e. The minimum absolute atomic E-state index is 1.14. The predicted octanol–water partition coefficient (Wildman–Crippen LogP) is 8.59. The van der Waals surface area contributed by atoms with Crippen LogP contribution in [0.25, 0.3) is 12.2 Å². The zero-order valence-corrected chi connectivity index (χ0v) is 17.9. The highest BCUT2D eigenvalue weighted by atomic mass is 13.9. The molecule has 0 saturated heterocycles. The molecule has 0 fully saturated rings. The van der Waals surface area contributed by atoms with E-state index >= 15 is 0 Å². The van der Waals surface area contributed by atoms with Gasteiger partial charge in [-0.3, -0.25) is 0 Å². The molecule has 152 valence electrons. The minimum atomic E-state index is 1.14. The molecule has 0 nitrogen and oxygen atoms in total. The molecule has 4 rings (SSSR count). The number of aryl methyl sites for hydroxylation is 1. The van der Waals surface area contributed by atoms with Gasteiger partial charge >= 0.3 is 0 Å². The van der Waals surface area contributed by atoms with Gasteiger partial charge in [-0.1, -0.05) is 160 Å². The molecule has 0 amide bonds. The second kappa shape index (κ2) is 17.5. The Balaban J connectivity index is 0.000000201. The minimum Gasteiger partial charge on any atom is -0.0985 e. The van der Waals surface area contributed by atoms with E-state index in [1.54, 1.807) is 0 Å². The van der Waals surface area contributed by atoms with E-state index in [9.17, 15) is 0 Å². The van der Waals surface area contributed by atoms with Gasteiger partial charge in [-0.2, -0.15) is 0 Å². The Labute approximate surface area is 182 Å². The van der Waals surface area contributed by atoms with Crippen LogP contribution in [0.4, 0.5) is 0 Å². The van der Waals surface area contributed by atoms with Crippen molar-refractivity contribution in [2.45, 2.75) is 13.3 Å². The molecular formula is C30H32. The summed E-state index contributed by atoms with van der Waals surface area (Å²) < 4.78 is 0. The van der Waals surface area contributed by atoms with Crippen molar-refractivity contribution in [3.63, 3.8) is 0 Å². The summed E-state index contributed by atoms with van der Waals surface area (Å²) in [4.78, 5) is 0. The van der Waals surface area contributed by atoms with E-state index in [2.05, 4.69) is 44.3 Å². The fourth-order valence-corrected chi connectivity index (χ4v) is 2.28. The Kier molecular flexibility index (Phi) is 14.2. The van der Waals surface area contributed by atoms with Crippen LogP contribution in [-0.2, 0) is 6.42 Å². The maximum absolute atomic E-state index is 3.63. The number of benzene rings is 4. The molecular weight excluding hydrogens is 360 g/mol. The van der Waals surface area contributed by atoms with E-state index in [1.807, 2.05) is 115 Å². The first-order chi connectivity index (χ1) is 14.8. The summed E-state index contributed by atoms with van der Waals surface area (Å²) in [7, 11) is 0. The van der Waals surface area contributed by atoms with Gasteiger partial charge in [-0.25, -0.2) is 0 Å². The average Bonchev–Trinajstić information content (AvgIpc) is 2.87. The third-order valence-electron chi connectivity index (χ3n) is 3.99. The molecule has 0 saturated carbocycles. The van der Waals surface area contributed by atoms with Crippen molar-refractivity contribution in [1.29, 1.82) is 0 Å². The molecule has 0 atom stereocenters. The SMILES string of the molecule is C=Cc1ccccc1.C=Cc1ccccc1.CCc1ccccc1.c1ccccc1.